The van der Waals surface area contributed by atoms with Crippen molar-refractivity contribution < 1.29 is 51.6 Å². The van der Waals surface area contributed by atoms with Gasteiger partial charge in [-0.15, -0.1) is 0 Å². The maximum absolute atomic E-state index is 9.09. The van der Waals surface area contributed by atoms with Gasteiger partial charge in [0.25, 0.3) is 0 Å². The molecule has 0 radical (unpaired) electrons. The molecule has 8 heteroatoms. The van der Waals surface area contributed by atoms with Crippen molar-refractivity contribution in [1.82, 2.24) is 0 Å². The third-order valence-electron chi connectivity index (χ3n) is 2.79. The topological polar surface area (TPSA) is 80.3 Å². The molecule has 16 heavy (non-hydrogen) atoms. The average Bonchev–Trinajstić information content (AvgIpc) is 2.23. The van der Waals surface area contributed by atoms with E-state index in [2.05, 4.69) is 27.7 Å². The predicted molar refractivity (Wildman–Crippen MR) is 60.3 cm³/mol. The Morgan fingerprint density at radius 3 is 1.00 bits per heavy atom. The minimum absolute atomic E-state index is 0. The molecule has 0 aromatic carbocycles. The van der Waals surface area contributed by atoms with E-state index in [1.54, 1.807) is 0 Å². The van der Waals surface area contributed by atoms with Crippen LogP contribution in [-0.4, -0.2) is 48.2 Å². The molecule has 2 atom stereocenters. The van der Waals surface area contributed by atoms with E-state index in [4.69, 9.17) is 17.5 Å². The minimum atomic E-state index is -2.95. The fourth-order valence-corrected chi connectivity index (χ4v) is 1.34. The Balaban J connectivity index is -0.000000214. The quantitative estimate of drug-likeness (QED) is 0.242. The second-order valence-corrected chi connectivity index (χ2v) is 5.46. The largest absolute Gasteiger partial charge is 1.00 e. The molecular formula is C8H20NNaO4S2. The molecule has 0 amide bonds. The molecule has 0 heterocycles. The fraction of sp³-hybridized carbons (Fsp3) is 1.00. The van der Waals surface area contributed by atoms with Crippen LogP contribution >= 0.6 is 0 Å². The van der Waals surface area contributed by atoms with Gasteiger partial charge >= 0.3 is 29.6 Å². The summed E-state index contributed by atoms with van der Waals surface area (Å²) in [6.45, 7) is 14.2. The van der Waals surface area contributed by atoms with Gasteiger partial charge in [-0.2, -0.15) is 0 Å². The minimum Gasteiger partial charge on any atom is -0.763 e. The second kappa shape index (κ2) is 12.6. The molecule has 0 aromatic rings. The first kappa shape index (κ1) is 22.4. The van der Waals surface area contributed by atoms with Gasteiger partial charge in [-0.3, -0.25) is 8.42 Å². The van der Waals surface area contributed by atoms with Gasteiger partial charge in [-0.1, -0.05) is 0 Å². The number of quaternary nitrogens is 1. The standard InChI is InChI=1S/C8H20N.Na.H2O4S2/c1-5-9(6-2,7-3)8-4;;1-5(2)6(3)4/h5-8H2,1-4H3;;(H,1,2)(H,3,4)/q2*+1;/p-2. The normalized spacial score (nSPS) is 14.1. The maximum Gasteiger partial charge on any atom is 1.00 e. The van der Waals surface area contributed by atoms with E-state index in [1.165, 1.54) is 30.7 Å². The monoisotopic (exact) mass is 281 g/mol. The van der Waals surface area contributed by atoms with E-state index < -0.39 is 20.2 Å². The van der Waals surface area contributed by atoms with Gasteiger partial charge < -0.3 is 13.6 Å². The molecule has 0 aromatic heterocycles. The van der Waals surface area contributed by atoms with Crippen LogP contribution in [0.15, 0.2) is 0 Å². The van der Waals surface area contributed by atoms with E-state index in [1.807, 2.05) is 0 Å². The Hall–Kier alpha value is 1.18. The zero-order valence-corrected chi connectivity index (χ0v) is 14.4. The van der Waals surface area contributed by atoms with Crippen molar-refractivity contribution >= 4 is 20.2 Å². The molecule has 0 aliphatic carbocycles. The van der Waals surface area contributed by atoms with Crippen LogP contribution < -0.4 is 29.6 Å². The average molecular weight is 281 g/mol. The Morgan fingerprint density at radius 2 is 1.00 bits per heavy atom. The summed E-state index contributed by atoms with van der Waals surface area (Å²) < 4.78 is 37.6. The van der Waals surface area contributed by atoms with Gasteiger partial charge in [0.05, 0.1) is 26.2 Å². The molecule has 5 nitrogen and oxygen atoms in total. The number of nitrogens with zero attached hydrogens (tertiary/aromatic N) is 1. The number of hydrogen-bond acceptors (Lipinski definition) is 4. The molecule has 0 spiro atoms. The first-order valence-electron chi connectivity index (χ1n) is 4.93. The molecule has 2 unspecified atom stereocenters. The van der Waals surface area contributed by atoms with Gasteiger partial charge in [0.15, 0.2) is 0 Å². The van der Waals surface area contributed by atoms with Crippen LogP contribution in [0.3, 0.4) is 0 Å². The van der Waals surface area contributed by atoms with Crippen LogP contribution in [0.5, 0.6) is 0 Å². The van der Waals surface area contributed by atoms with Crippen molar-refractivity contribution in [3.05, 3.63) is 0 Å². The van der Waals surface area contributed by atoms with Crippen molar-refractivity contribution in [2.24, 2.45) is 0 Å². The van der Waals surface area contributed by atoms with E-state index >= 15 is 0 Å². The summed E-state index contributed by atoms with van der Waals surface area (Å²) in [5.41, 5.74) is 0. The van der Waals surface area contributed by atoms with E-state index in [0.717, 1.165) is 0 Å². The summed E-state index contributed by atoms with van der Waals surface area (Å²) in [7, 11) is -5.90. The summed E-state index contributed by atoms with van der Waals surface area (Å²) in [6, 6.07) is 0. The summed E-state index contributed by atoms with van der Waals surface area (Å²) in [4.78, 5) is 0. The van der Waals surface area contributed by atoms with Crippen LogP contribution in [0.1, 0.15) is 27.7 Å². The molecule has 0 saturated carbocycles. The smallest absolute Gasteiger partial charge is 0.763 e. The van der Waals surface area contributed by atoms with Crippen LogP contribution in [0.25, 0.3) is 0 Å². The Labute approximate surface area is 125 Å². The summed E-state index contributed by atoms with van der Waals surface area (Å²) in [5.74, 6) is 0. The van der Waals surface area contributed by atoms with Gasteiger partial charge in [-0.05, 0) is 27.7 Å². The van der Waals surface area contributed by atoms with Crippen LogP contribution in [0.2, 0.25) is 0 Å². The van der Waals surface area contributed by atoms with E-state index in [9.17, 15) is 0 Å². The van der Waals surface area contributed by atoms with Crippen molar-refractivity contribution in [2.45, 2.75) is 27.7 Å². The second-order valence-electron chi connectivity index (χ2n) is 3.01. The molecule has 0 bridgehead atoms. The molecule has 0 fully saturated rings. The zero-order valence-electron chi connectivity index (χ0n) is 10.7. The Bertz CT molecular complexity index is 183. The summed E-state index contributed by atoms with van der Waals surface area (Å²) in [5, 5.41) is 0. The van der Waals surface area contributed by atoms with Crippen molar-refractivity contribution in [3.8, 4) is 0 Å². The Kier molecular flexibility index (Phi) is 17.7. The molecule has 0 aliphatic rings. The third kappa shape index (κ3) is 10.3. The predicted octanol–water partition coefficient (Wildman–Crippen LogP) is -2.45. The molecule has 94 valence electrons. The number of rotatable bonds is 5. The summed E-state index contributed by atoms with van der Waals surface area (Å²) in [6.07, 6.45) is 0. The summed E-state index contributed by atoms with van der Waals surface area (Å²) >= 11 is 0. The van der Waals surface area contributed by atoms with Gasteiger partial charge in [0.2, 0.25) is 0 Å². The van der Waals surface area contributed by atoms with Crippen molar-refractivity contribution in [1.29, 1.82) is 0 Å². The van der Waals surface area contributed by atoms with E-state index in [-0.39, 0.29) is 29.6 Å². The van der Waals surface area contributed by atoms with Crippen LogP contribution in [0.4, 0.5) is 0 Å². The van der Waals surface area contributed by atoms with Gasteiger partial charge in [0.1, 0.15) is 0 Å². The van der Waals surface area contributed by atoms with Gasteiger partial charge in [-0.25, -0.2) is 0 Å². The van der Waals surface area contributed by atoms with Crippen molar-refractivity contribution in [3.63, 3.8) is 0 Å². The number of hydrogen-bond donors (Lipinski definition) is 0. The molecule has 0 aliphatic heterocycles. The SMILES string of the molecule is CC[N+](CC)(CC)CC.O=S([O-])S(=O)[O-].[Na+]. The first-order valence-corrected chi connectivity index (χ1v) is 7.59. The van der Waals surface area contributed by atoms with Gasteiger partial charge in [0, 0.05) is 20.2 Å². The molecule has 0 saturated heterocycles. The first-order chi connectivity index (χ1) is 6.89. The van der Waals surface area contributed by atoms with Crippen molar-refractivity contribution in [2.75, 3.05) is 26.2 Å². The molecular weight excluding hydrogens is 261 g/mol. The maximum atomic E-state index is 9.09. The fourth-order valence-electron chi connectivity index (χ4n) is 1.34. The Morgan fingerprint density at radius 1 is 0.812 bits per heavy atom. The van der Waals surface area contributed by atoms with Crippen LogP contribution in [0, 0.1) is 0 Å². The van der Waals surface area contributed by atoms with E-state index in [0.29, 0.717) is 0 Å². The van der Waals surface area contributed by atoms with Crippen LogP contribution in [-0.2, 0) is 20.2 Å². The third-order valence-corrected chi connectivity index (χ3v) is 3.68. The molecule has 0 rings (SSSR count). The molecule has 0 N–H and O–H groups in total. The zero-order chi connectivity index (χ0) is 12.5.